The first kappa shape index (κ1) is 21.1. The third-order valence-electron chi connectivity index (χ3n) is 6.25. The Morgan fingerprint density at radius 1 is 1.09 bits per heavy atom. The van der Waals surface area contributed by atoms with Crippen molar-refractivity contribution in [1.82, 2.24) is 24.9 Å². The number of benzene rings is 2. The predicted molar refractivity (Wildman–Crippen MR) is 122 cm³/mol. The van der Waals surface area contributed by atoms with Crippen LogP contribution in [0.25, 0.3) is 16.9 Å². The second-order valence-electron chi connectivity index (χ2n) is 8.30. The minimum absolute atomic E-state index is 0.00446. The summed E-state index contributed by atoms with van der Waals surface area (Å²) in [5, 5.41) is 18.0. The molecule has 2 aromatic heterocycles. The summed E-state index contributed by atoms with van der Waals surface area (Å²) < 4.78 is 5.85. The molecular formula is C25H25N5O3. The lowest BCUT2D eigenvalue weighted by Crippen LogP contribution is -2.45. The Balaban J connectivity index is 1.40. The first-order valence-corrected chi connectivity index (χ1v) is 11.1. The molecule has 8 nitrogen and oxygen atoms in total. The van der Waals surface area contributed by atoms with Crippen LogP contribution in [0.5, 0.6) is 0 Å². The Bertz CT molecular complexity index is 1250. The van der Waals surface area contributed by atoms with E-state index in [0.29, 0.717) is 29.4 Å². The third kappa shape index (κ3) is 4.05. The molecule has 5 rings (SSSR count). The molecule has 1 N–H and O–H groups in total. The number of likely N-dealkylation sites (tertiary alicyclic amines) is 1. The van der Waals surface area contributed by atoms with Gasteiger partial charge in [-0.25, -0.2) is 4.98 Å². The molecule has 0 aliphatic carbocycles. The molecule has 1 aliphatic rings. The smallest absolute Gasteiger partial charge is 0.256 e. The van der Waals surface area contributed by atoms with Gasteiger partial charge in [-0.2, -0.15) is 15.0 Å². The van der Waals surface area contributed by atoms with Gasteiger partial charge in [0.05, 0.1) is 36.2 Å². The lowest BCUT2D eigenvalue weighted by atomic mass is 9.92. The summed E-state index contributed by atoms with van der Waals surface area (Å²) in [4.78, 5) is 21.7. The second kappa shape index (κ2) is 8.99. The van der Waals surface area contributed by atoms with Crippen LogP contribution in [0.3, 0.4) is 0 Å². The van der Waals surface area contributed by atoms with Crippen molar-refractivity contribution in [1.29, 1.82) is 0 Å². The summed E-state index contributed by atoms with van der Waals surface area (Å²) in [6.07, 6.45) is 6.55. The molecule has 1 amide bonds. The Morgan fingerprint density at radius 2 is 1.85 bits per heavy atom. The van der Waals surface area contributed by atoms with Crippen LogP contribution in [0.2, 0.25) is 0 Å². The van der Waals surface area contributed by atoms with Crippen LogP contribution < -0.4 is 0 Å². The summed E-state index contributed by atoms with van der Waals surface area (Å²) in [5.74, 6) is 0.553. The standard InChI is InChI=1S/C25H25N5O3/c1-17-10-11-18(24-28-22(16-33-24)20-7-3-2-6-19(20)15-31)14-29(17)25(32)21-8-4-5-9-23(21)30-26-12-13-27-30/h2-9,12-13,16-18,31H,10-11,14-15H2,1H3/t17-,18-/m1/s1. The van der Waals surface area contributed by atoms with E-state index in [1.54, 1.807) is 18.7 Å². The monoisotopic (exact) mass is 443 g/mol. The number of aromatic nitrogens is 4. The number of carbonyl (C=O) groups excluding carboxylic acids is 1. The zero-order chi connectivity index (χ0) is 22.8. The Morgan fingerprint density at radius 3 is 2.67 bits per heavy atom. The highest BCUT2D eigenvalue weighted by atomic mass is 16.3. The summed E-state index contributed by atoms with van der Waals surface area (Å²) >= 11 is 0. The molecule has 8 heteroatoms. The highest BCUT2D eigenvalue weighted by Gasteiger charge is 2.33. The minimum Gasteiger partial charge on any atom is -0.448 e. The van der Waals surface area contributed by atoms with Gasteiger partial charge in [-0.1, -0.05) is 36.4 Å². The molecule has 0 unspecified atom stereocenters. The van der Waals surface area contributed by atoms with Crippen molar-refractivity contribution in [3.63, 3.8) is 0 Å². The molecular weight excluding hydrogens is 418 g/mol. The second-order valence-corrected chi connectivity index (χ2v) is 8.30. The number of nitrogens with zero attached hydrogens (tertiary/aromatic N) is 5. The lowest BCUT2D eigenvalue weighted by Gasteiger charge is -2.37. The number of para-hydroxylation sites is 1. The van der Waals surface area contributed by atoms with E-state index in [1.807, 2.05) is 53.4 Å². The molecule has 0 radical (unpaired) electrons. The fourth-order valence-electron chi connectivity index (χ4n) is 4.42. The van der Waals surface area contributed by atoms with E-state index in [4.69, 9.17) is 9.40 Å². The molecule has 1 aliphatic heterocycles. The fourth-order valence-corrected chi connectivity index (χ4v) is 4.42. The first-order valence-electron chi connectivity index (χ1n) is 11.1. The molecule has 168 valence electrons. The van der Waals surface area contributed by atoms with Crippen molar-refractivity contribution in [2.45, 2.75) is 38.3 Å². The van der Waals surface area contributed by atoms with Crippen LogP contribution in [0, 0.1) is 0 Å². The zero-order valence-electron chi connectivity index (χ0n) is 18.3. The zero-order valence-corrected chi connectivity index (χ0v) is 18.3. The average Bonchev–Trinajstić information content (AvgIpc) is 3.57. The SMILES string of the molecule is C[C@@H]1CC[C@@H](c2nc(-c3ccccc3CO)co2)CN1C(=O)c1ccccc1-n1nccn1. The number of oxazole rings is 1. The van der Waals surface area contributed by atoms with E-state index in [9.17, 15) is 9.90 Å². The van der Waals surface area contributed by atoms with Crippen molar-refractivity contribution in [3.8, 4) is 16.9 Å². The van der Waals surface area contributed by atoms with Crippen LogP contribution in [0.1, 0.15) is 47.5 Å². The van der Waals surface area contributed by atoms with Gasteiger partial charge >= 0.3 is 0 Å². The van der Waals surface area contributed by atoms with E-state index in [1.165, 1.54) is 4.80 Å². The minimum atomic E-state index is -0.0634. The maximum absolute atomic E-state index is 13.6. The molecule has 2 aromatic carbocycles. The highest BCUT2D eigenvalue weighted by Crippen LogP contribution is 2.33. The highest BCUT2D eigenvalue weighted by molar-refractivity contribution is 5.98. The topological polar surface area (TPSA) is 97.3 Å². The van der Waals surface area contributed by atoms with Crippen LogP contribution in [-0.4, -0.2) is 48.5 Å². The van der Waals surface area contributed by atoms with Crippen LogP contribution in [0.15, 0.2) is 71.6 Å². The van der Waals surface area contributed by atoms with Gasteiger partial charge in [0.25, 0.3) is 5.91 Å². The summed E-state index contributed by atoms with van der Waals surface area (Å²) in [6.45, 7) is 2.52. The number of rotatable bonds is 5. The van der Waals surface area contributed by atoms with E-state index < -0.39 is 0 Å². The Hall–Kier alpha value is -3.78. The number of hydrogen-bond acceptors (Lipinski definition) is 6. The molecule has 1 fully saturated rings. The summed E-state index contributed by atoms with van der Waals surface area (Å²) in [6, 6.07) is 15.1. The van der Waals surface area contributed by atoms with Gasteiger partial charge in [0.1, 0.15) is 12.0 Å². The number of hydrogen-bond donors (Lipinski definition) is 1. The van der Waals surface area contributed by atoms with Gasteiger partial charge in [-0.3, -0.25) is 4.79 Å². The molecule has 0 spiro atoms. The maximum atomic E-state index is 13.6. The predicted octanol–water partition coefficient (Wildman–Crippen LogP) is 3.82. The molecule has 0 bridgehead atoms. The van der Waals surface area contributed by atoms with E-state index in [0.717, 1.165) is 24.0 Å². The van der Waals surface area contributed by atoms with Crippen molar-refractivity contribution >= 4 is 5.91 Å². The van der Waals surface area contributed by atoms with E-state index in [2.05, 4.69) is 17.1 Å². The van der Waals surface area contributed by atoms with Crippen molar-refractivity contribution in [2.24, 2.45) is 0 Å². The van der Waals surface area contributed by atoms with Crippen LogP contribution in [-0.2, 0) is 6.61 Å². The summed E-state index contributed by atoms with van der Waals surface area (Å²) in [7, 11) is 0. The number of aliphatic hydroxyl groups is 1. The normalized spacial score (nSPS) is 18.4. The molecule has 1 saturated heterocycles. The van der Waals surface area contributed by atoms with Gasteiger partial charge in [0.2, 0.25) is 0 Å². The lowest BCUT2D eigenvalue weighted by molar-refractivity contribution is 0.0596. The number of aliphatic hydroxyl groups excluding tert-OH is 1. The van der Waals surface area contributed by atoms with Crippen molar-refractivity contribution in [3.05, 3.63) is 84.2 Å². The first-order chi connectivity index (χ1) is 16.2. The van der Waals surface area contributed by atoms with Gasteiger partial charge in [0.15, 0.2) is 5.89 Å². The maximum Gasteiger partial charge on any atom is 0.256 e. The van der Waals surface area contributed by atoms with Gasteiger partial charge in [-0.15, -0.1) is 0 Å². The average molecular weight is 444 g/mol. The number of piperidine rings is 1. The third-order valence-corrected chi connectivity index (χ3v) is 6.25. The largest absolute Gasteiger partial charge is 0.448 e. The fraction of sp³-hybridized carbons (Fsp3) is 0.280. The molecule has 4 aromatic rings. The molecule has 0 saturated carbocycles. The van der Waals surface area contributed by atoms with E-state index >= 15 is 0 Å². The summed E-state index contributed by atoms with van der Waals surface area (Å²) in [5.41, 5.74) is 3.57. The van der Waals surface area contributed by atoms with Gasteiger partial charge < -0.3 is 14.4 Å². The van der Waals surface area contributed by atoms with Crippen molar-refractivity contribution in [2.75, 3.05) is 6.54 Å². The van der Waals surface area contributed by atoms with Crippen molar-refractivity contribution < 1.29 is 14.3 Å². The Labute approximate surface area is 191 Å². The van der Waals surface area contributed by atoms with E-state index in [-0.39, 0.29) is 24.5 Å². The van der Waals surface area contributed by atoms with Gasteiger partial charge in [-0.05, 0) is 37.5 Å². The Kier molecular flexibility index (Phi) is 5.75. The number of amides is 1. The molecule has 33 heavy (non-hydrogen) atoms. The van der Waals surface area contributed by atoms with Crippen LogP contribution in [0.4, 0.5) is 0 Å². The quantitative estimate of drug-likeness (QED) is 0.504. The molecule has 2 atom stereocenters. The van der Waals surface area contributed by atoms with Gasteiger partial charge in [0, 0.05) is 18.2 Å². The molecule has 3 heterocycles. The van der Waals surface area contributed by atoms with Crippen LogP contribution >= 0.6 is 0 Å². The number of carbonyl (C=O) groups is 1.